The average Bonchev–Trinajstić information content (AvgIpc) is 2.92. The molecule has 0 aromatic heterocycles. The molecular weight excluding hydrogens is 352 g/mol. The molecule has 0 radical (unpaired) electrons. The minimum absolute atomic E-state index is 0.210. The Balaban J connectivity index is 1.50. The SMILES string of the molecule is O=C(COC(=O)CN1C(=O)c2ccccc2C1=O)NC(=O)c1ccccc1. The van der Waals surface area contributed by atoms with E-state index >= 15 is 0 Å². The third-order valence-corrected chi connectivity index (χ3v) is 3.82. The van der Waals surface area contributed by atoms with E-state index in [9.17, 15) is 24.0 Å². The summed E-state index contributed by atoms with van der Waals surface area (Å²) in [6.07, 6.45) is 0. The zero-order valence-electron chi connectivity index (χ0n) is 14.0. The number of carbonyl (C=O) groups is 5. The Morgan fingerprint density at radius 2 is 1.41 bits per heavy atom. The van der Waals surface area contributed by atoms with Crippen LogP contribution >= 0.6 is 0 Å². The summed E-state index contributed by atoms with van der Waals surface area (Å²) in [7, 11) is 0. The Hall–Kier alpha value is -3.81. The fourth-order valence-electron chi connectivity index (χ4n) is 2.53. The standard InChI is InChI=1S/C19H14N2O6/c22-15(20-17(24)12-6-2-1-3-7-12)11-27-16(23)10-21-18(25)13-8-4-5-9-14(13)19(21)26/h1-9H,10-11H2,(H,20,22,24). The van der Waals surface area contributed by atoms with E-state index in [0.717, 1.165) is 4.90 Å². The van der Waals surface area contributed by atoms with Gasteiger partial charge in [-0.1, -0.05) is 30.3 Å². The minimum atomic E-state index is -0.938. The second kappa shape index (κ2) is 7.61. The van der Waals surface area contributed by atoms with Crippen LogP contribution in [0.5, 0.6) is 0 Å². The van der Waals surface area contributed by atoms with Crippen molar-refractivity contribution < 1.29 is 28.7 Å². The number of ether oxygens (including phenoxy) is 1. The molecule has 0 spiro atoms. The highest BCUT2D eigenvalue weighted by Crippen LogP contribution is 2.22. The van der Waals surface area contributed by atoms with Crippen molar-refractivity contribution in [3.8, 4) is 0 Å². The molecule has 0 fully saturated rings. The number of esters is 1. The lowest BCUT2D eigenvalue weighted by molar-refractivity contribution is -0.148. The molecule has 1 heterocycles. The van der Waals surface area contributed by atoms with Crippen LogP contribution in [0, 0.1) is 0 Å². The van der Waals surface area contributed by atoms with E-state index in [4.69, 9.17) is 4.74 Å². The van der Waals surface area contributed by atoms with E-state index in [0.29, 0.717) is 0 Å². The quantitative estimate of drug-likeness (QED) is 0.619. The van der Waals surface area contributed by atoms with Crippen molar-refractivity contribution >= 4 is 29.6 Å². The molecule has 3 rings (SSSR count). The lowest BCUT2D eigenvalue weighted by atomic mass is 10.1. The van der Waals surface area contributed by atoms with Crippen molar-refractivity contribution in [2.45, 2.75) is 0 Å². The molecular formula is C19H14N2O6. The molecule has 8 nitrogen and oxygen atoms in total. The molecule has 0 aliphatic carbocycles. The van der Waals surface area contributed by atoms with Crippen LogP contribution in [-0.4, -0.2) is 47.6 Å². The maximum Gasteiger partial charge on any atom is 0.326 e. The molecule has 136 valence electrons. The van der Waals surface area contributed by atoms with E-state index in [1.807, 2.05) is 0 Å². The van der Waals surface area contributed by atoms with Gasteiger partial charge >= 0.3 is 5.97 Å². The fraction of sp³-hybridized carbons (Fsp3) is 0.105. The number of imide groups is 2. The highest BCUT2D eigenvalue weighted by atomic mass is 16.5. The van der Waals surface area contributed by atoms with Gasteiger partial charge in [-0.05, 0) is 24.3 Å². The Morgan fingerprint density at radius 3 is 2.00 bits per heavy atom. The van der Waals surface area contributed by atoms with Crippen molar-refractivity contribution in [3.63, 3.8) is 0 Å². The van der Waals surface area contributed by atoms with Gasteiger partial charge < -0.3 is 4.74 Å². The van der Waals surface area contributed by atoms with Crippen molar-refractivity contribution in [2.75, 3.05) is 13.2 Å². The van der Waals surface area contributed by atoms with Crippen molar-refractivity contribution in [3.05, 3.63) is 71.3 Å². The second-order valence-corrected chi connectivity index (χ2v) is 5.65. The van der Waals surface area contributed by atoms with Crippen LogP contribution in [0.2, 0.25) is 0 Å². The molecule has 4 amide bonds. The van der Waals surface area contributed by atoms with Gasteiger partial charge in [0.2, 0.25) is 0 Å². The molecule has 0 saturated heterocycles. The summed E-state index contributed by atoms with van der Waals surface area (Å²) in [6.45, 7) is -1.33. The molecule has 1 aliphatic rings. The van der Waals surface area contributed by atoms with Crippen LogP contribution in [-0.2, 0) is 14.3 Å². The number of rotatable bonds is 5. The first kappa shape index (κ1) is 18.0. The number of carbonyl (C=O) groups excluding carboxylic acids is 5. The van der Waals surface area contributed by atoms with Crippen LogP contribution in [0.1, 0.15) is 31.1 Å². The smallest absolute Gasteiger partial charge is 0.326 e. The molecule has 1 aliphatic heterocycles. The van der Waals surface area contributed by atoms with Crippen molar-refractivity contribution in [1.29, 1.82) is 0 Å². The molecule has 0 bridgehead atoms. The minimum Gasteiger partial charge on any atom is -0.454 e. The third-order valence-electron chi connectivity index (χ3n) is 3.82. The number of fused-ring (bicyclic) bond motifs is 1. The van der Waals surface area contributed by atoms with E-state index < -0.39 is 42.7 Å². The van der Waals surface area contributed by atoms with Crippen LogP contribution in [0.3, 0.4) is 0 Å². The Morgan fingerprint density at radius 1 is 0.852 bits per heavy atom. The first-order valence-corrected chi connectivity index (χ1v) is 7.97. The van der Waals surface area contributed by atoms with Gasteiger partial charge in [0.15, 0.2) is 6.61 Å². The predicted octanol–water partition coefficient (Wildman–Crippen LogP) is 0.782. The molecule has 2 aromatic carbocycles. The molecule has 0 unspecified atom stereocenters. The third kappa shape index (κ3) is 3.90. The first-order chi connectivity index (χ1) is 13.0. The normalized spacial score (nSPS) is 12.5. The monoisotopic (exact) mass is 366 g/mol. The number of hydrogen-bond donors (Lipinski definition) is 1. The molecule has 8 heteroatoms. The lowest BCUT2D eigenvalue weighted by Gasteiger charge is -2.12. The number of amides is 4. The summed E-state index contributed by atoms with van der Waals surface area (Å²) < 4.78 is 4.75. The summed E-state index contributed by atoms with van der Waals surface area (Å²) in [5.74, 6) is -3.59. The largest absolute Gasteiger partial charge is 0.454 e. The number of benzene rings is 2. The number of hydrogen-bond acceptors (Lipinski definition) is 6. The molecule has 0 atom stereocenters. The van der Waals surface area contributed by atoms with Gasteiger partial charge in [0.25, 0.3) is 23.6 Å². The first-order valence-electron chi connectivity index (χ1n) is 7.97. The van der Waals surface area contributed by atoms with Crippen molar-refractivity contribution in [1.82, 2.24) is 10.2 Å². The van der Waals surface area contributed by atoms with Crippen LogP contribution in [0.15, 0.2) is 54.6 Å². The van der Waals surface area contributed by atoms with Gasteiger partial charge in [0.1, 0.15) is 6.54 Å². The molecule has 2 aromatic rings. The van der Waals surface area contributed by atoms with Crippen molar-refractivity contribution in [2.24, 2.45) is 0 Å². The Labute approximate surface area is 153 Å². The number of nitrogens with one attached hydrogen (secondary N) is 1. The average molecular weight is 366 g/mol. The maximum atomic E-state index is 12.2. The fourth-order valence-corrected chi connectivity index (χ4v) is 2.53. The predicted molar refractivity (Wildman–Crippen MR) is 91.7 cm³/mol. The van der Waals surface area contributed by atoms with Crippen LogP contribution < -0.4 is 5.32 Å². The summed E-state index contributed by atoms with van der Waals surface area (Å²) in [6, 6.07) is 14.3. The van der Waals surface area contributed by atoms with Gasteiger partial charge in [-0.3, -0.25) is 34.2 Å². The van der Waals surface area contributed by atoms with Gasteiger partial charge in [0.05, 0.1) is 11.1 Å². The Bertz CT molecular complexity index is 903. The topological polar surface area (TPSA) is 110 Å². The van der Waals surface area contributed by atoms with Crippen LogP contribution in [0.25, 0.3) is 0 Å². The number of nitrogens with zero attached hydrogens (tertiary/aromatic N) is 1. The lowest BCUT2D eigenvalue weighted by Crippen LogP contribution is -2.38. The van der Waals surface area contributed by atoms with Crippen LogP contribution in [0.4, 0.5) is 0 Å². The van der Waals surface area contributed by atoms with Gasteiger partial charge in [-0.2, -0.15) is 0 Å². The maximum absolute atomic E-state index is 12.2. The van der Waals surface area contributed by atoms with E-state index in [1.54, 1.807) is 30.3 Å². The summed E-state index contributed by atoms with van der Waals surface area (Å²) in [4.78, 5) is 60.5. The summed E-state index contributed by atoms with van der Waals surface area (Å²) in [5, 5.41) is 2.07. The highest BCUT2D eigenvalue weighted by Gasteiger charge is 2.36. The van der Waals surface area contributed by atoms with E-state index in [-0.39, 0.29) is 16.7 Å². The van der Waals surface area contributed by atoms with Gasteiger partial charge in [-0.25, -0.2) is 0 Å². The van der Waals surface area contributed by atoms with E-state index in [1.165, 1.54) is 24.3 Å². The molecule has 1 N–H and O–H groups in total. The van der Waals surface area contributed by atoms with Gasteiger partial charge in [-0.15, -0.1) is 0 Å². The molecule has 0 saturated carbocycles. The summed E-state index contributed by atoms with van der Waals surface area (Å²) in [5.41, 5.74) is 0.700. The second-order valence-electron chi connectivity index (χ2n) is 5.65. The zero-order chi connectivity index (χ0) is 19.4. The zero-order valence-corrected chi connectivity index (χ0v) is 14.0. The highest BCUT2D eigenvalue weighted by molar-refractivity contribution is 6.22. The van der Waals surface area contributed by atoms with Gasteiger partial charge in [0, 0.05) is 5.56 Å². The van der Waals surface area contributed by atoms with E-state index in [2.05, 4.69) is 5.32 Å². The summed E-state index contributed by atoms with van der Waals surface area (Å²) >= 11 is 0. The Kier molecular flexibility index (Phi) is 5.07. The molecule has 27 heavy (non-hydrogen) atoms.